The van der Waals surface area contributed by atoms with Crippen LogP contribution in [-0.2, 0) is 6.54 Å². The van der Waals surface area contributed by atoms with Gasteiger partial charge in [0.25, 0.3) is 0 Å². The van der Waals surface area contributed by atoms with Crippen molar-refractivity contribution in [1.29, 1.82) is 0 Å². The molecule has 0 aliphatic heterocycles. The molecule has 2 aromatic heterocycles. The van der Waals surface area contributed by atoms with Gasteiger partial charge < -0.3 is 4.42 Å². The van der Waals surface area contributed by atoms with E-state index in [0.717, 1.165) is 24.6 Å². The Labute approximate surface area is 101 Å². The van der Waals surface area contributed by atoms with E-state index in [1.54, 1.807) is 22.9 Å². The van der Waals surface area contributed by atoms with E-state index < -0.39 is 0 Å². The van der Waals surface area contributed by atoms with Crippen molar-refractivity contribution in [2.45, 2.75) is 25.8 Å². The van der Waals surface area contributed by atoms with E-state index in [-0.39, 0.29) is 5.76 Å². The Morgan fingerprint density at radius 1 is 1.38 bits per heavy atom. The summed E-state index contributed by atoms with van der Waals surface area (Å²) in [5, 5.41) is 1.01. The topological polar surface area (TPSA) is 48.0 Å². The van der Waals surface area contributed by atoms with Crippen molar-refractivity contribution in [2.75, 3.05) is 5.33 Å². The number of rotatable bonds is 5. The standard InChI is InChI=1S/C11H13BrN2O2/c12-6-2-1-3-8-14-10-9(16-11(14)15)5-4-7-13-10/h4-5,7H,1-3,6,8H2. The van der Waals surface area contributed by atoms with Crippen LogP contribution >= 0.6 is 15.9 Å². The average molecular weight is 285 g/mol. The second-order valence-corrected chi connectivity index (χ2v) is 4.39. The van der Waals surface area contributed by atoms with E-state index in [1.807, 2.05) is 0 Å². The maximum Gasteiger partial charge on any atom is 0.421 e. The number of halogens is 1. The quantitative estimate of drug-likeness (QED) is 0.626. The van der Waals surface area contributed by atoms with Crippen molar-refractivity contribution in [3.05, 3.63) is 28.9 Å². The van der Waals surface area contributed by atoms with E-state index in [9.17, 15) is 4.79 Å². The molecule has 0 aliphatic rings. The summed E-state index contributed by atoms with van der Waals surface area (Å²) in [5.41, 5.74) is 1.21. The van der Waals surface area contributed by atoms with Gasteiger partial charge in [0.1, 0.15) is 0 Å². The third-order valence-corrected chi connectivity index (χ3v) is 3.00. The van der Waals surface area contributed by atoms with Gasteiger partial charge in [0.05, 0.1) is 0 Å². The summed E-state index contributed by atoms with van der Waals surface area (Å²) in [6, 6.07) is 3.53. The Kier molecular flexibility index (Phi) is 3.77. The van der Waals surface area contributed by atoms with Crippen molar-refractivity contribution in [1.82, 2.24) is 9.55 Å². The smallest absolute Gasteiger partial charge is 0.406 e. The minimum absolute atomic E-state index is 0.312. The molecular formula is C11H13BrN2O2. The first kappa shape index (κ1) is 11.4. The fourth-order valence-electron chi connectivity index (χ4n) is 1.64. The highest BCUT2D eigenvalue weighted by atomic mass is 79.9. The summed E-state index contributed by atoms with van der Waals surface area (Å²) in [6.07, 6.45) is 4.86. The third-order valence-electron chi connectivity index (χ3n) is 2.44. The molecule has 0 amide bonds. The number of oxazole rings is 1. The summed E-state index contributed by atoms with van der Waals surface area (Å²) in [7, 11) is 0. The molecule has 2 aromatic rings. The first-order valence-electron chi connectivity index (χ1n) is 5.33. The zero-order chi connectivity index (χ0) is 11.4. The maximum atomic E-state index is 11.5. The fourth-order valence-corrected chi connectivity index (χ4v) is 2.04. The Morgan fingerprint density at radius 3 is 3.06 bits per heavy atom. The second kappa shape index (κ2) is 5.30. The van der Waals surface area contributed by atoms with Gasteiger partial charge in [-0.3, -0.25) is 4.57 Å². The van der Waals surface area contributed by atoms with Gasteiger partial charge in [0, 0.05) is 18.1 Å². The molecule has 2 rings (SSSR count). The average Bonchev–Trinajstić information content (AvgIpc) is 2.61. The Hall–Kier alpha value is -1.10. The van der Waals surface area contributed by atoms with Crippen molar-refractivity contribution < 1.29 is 4.42 Å². The van der Waals surface area contributed by atoms with Crippen LogP contribution in [0.5, 0.6) is 0 Å². The lowest BCUT2D eigenvalue weighted by molar-refractivity contribution is 0.491. The van der Waals surface area contributed by atoms with E-state index in [1.165, 1.54) is 0 Å². The number of aromatic nitrogens is 2. The third kappa shape index (κ3) is 2.35. The Balaban J connectivity index is 2.16. The van der Waals surface area contributed by atoms with E-state index in [4.69, 9.17) is 4.42 Å². The molecule has 0 saturated heterocycles. The lowest BCUT2D eigenvalue weighted by Gasteiger charge is -2.00. The molecule has 0 saturated carbocycles. The van der Waals surface area contributed by atoms with Crippen LogP contribution in [0.15, 0.2) is 27.5 Å². The molecule has 0 fully saturated rings. The van der Waals surface area contributed by atoms with E-state index >= 15 is 0 Å². The molecule has 0 aromatic carbocycles. The number of fused-ring (bicyclic) bond motifs is 1. The molecule has 5 heteroatoms. The van der Waals surface area contributed by atoms with Gasteiger partial charge in [0.2, 0.25) is 0 Å². The number of alkyl halides is 1. The zero-order valence-electron chi connectivity index (χ0n) is 8.86. The molecule has 4 nitrogen and oxygen atoms in total. The first-order chi connectivity index (χ1) is 7.83. The minimum atomic E-state index is -0.312. The van der Waals surface area contributed by atoms with Crippen molar-refractivity contribution in [3.63, 3.8) is 0 Å². The SMILES string of the molecule is O=c1oc2cccnc2n1CCCCCBr. The normalized spacial score (nSPS) is 11.1. The van der Waals surface area contributed by atoms with Gasteiger partial charge in [-0.25, -0.2) is 9.78 Å². The predicted octanol–water partition coefficient (Wildman–Crippen LogP) is 2.55. The van der Waals surface area contributed by atoms with Crippen molar-refractivity contribution in [2.24, 2.45) is 0 Å². The van der Waals surface area contributed by atoms with Crippen LogP contribution in [0.25, 0.3) is 11.2 Å². The van der Waals surface area contributed by atoms with Crippen molar-refractivity contribution >= 4 is 27.2 Å². The monoisotopic (exact) mass is 284 g/mol. The number of pyridine rings is 1. The van der Waals surface area contributed by atoms with Crippen LogP contribution in [-0.4, -0.2) is 14.9 Å². The summed E-state index contributed by atoms with van der Waals surface area (Å²) in [4.78, 5) is 15.7. The second-order valence-electron chi connectivity index (χ2n) is 3.59. The van der Waals surface area contributed by atoms with Crippen LogP contribution in [0.2, 0.25) is 0 Å². The van der Waals surface area contributed by atoms with Gasteiger partial charge in [0.15, 0.2) is 11.2 Å². The number of unbranched alkanes of at least 4 members (excludes halogenated alkanes) is 2. The van der Waals surface area contributed by atoms with E-state index in [2.05, 4.69) is 20.9 Å². The lowest BCUT2D eigenvalue weighted by Crippen LogP contribution is -2.14. The Bertz CT molecular complexity index is 518. The van der Waals surface area contributed by atoms with Crippen LogP contribution < -0.4 is 5.76 Å². The molecule has 0 N–H and O–H groups in total. The molecule has 0 bridgehead atoms. The Morgan fingerprint density at radius 2 is 2.25 bits per heavy atom. The first-order valence-corrected chi connectivity index (χ1v) is 6.45. The largest absolute Gasteiger partial charge is 0.421 e. The molecule has 0 atom stereocenters. The highest BCUT2D eigenvalue weighted by Crippen LogP contribution is 2.10. The maximum absolute atomic E-state index is 11.5. The van der Waals surface area contributed by atoms with Crippen molar-refractivity contribution in [3.8, 4) is 0 Å². The molecule has 0 unspecified atom stereocenters. The summed E-state index contributed by atoms with van der Waals surface area (Å²) in [6.45, 7) is 0.676. The molecular weight excluding hydrogens is 272 g/mol. The van der Waals surface area contributed by atoms with Gasteiger partial charge in [-0.05, 0) is 25.0 Å². The molecule has 0 radical (unpaired) electrons. The number of hydrogen-bond donors (Lipinski definition) is 0. The zero-order valence-corrected chi connectivity index (χ0v) is 10.4. The summed E-state index contributed by atoms with van der Waals surface area (Å²) < 4.78 is 6.69. The van der Waals surface area contributed by atoms with E-state index in [0.29, 0.717) is 17.8 Å². The minimum Gasteiger partial charge on any atom is -0.406 e. The van der Waals surface area contributed by atoms with Gasteiger partial charge in [-0.2, -0.15) is 0 Å². The highest BCUT2D eigenvalue weighted by Gasteiger charge is 2.08. The van der Waals surface area contributed by atoms with Crippen LogP contribution in [0, 0.1) is 0 Å². The number of hydrogen-bond acceptors (Lipinski definition) is 3. The van der Waals surface area contributed by atoms with Crippen LogP contribution in [0.3, 0.4) is 0 Å². The molecule has 16 heavy (non-hydrogen) atoms. The predicted molar refractivity (Wildman–Crippen MR) is 65.9 cm³/mol. The number of aryl methyl sites for hydroxylation is 1. The molecule has 2 heterocycles. The molecule has 86 valence electrons. The lowest BCUT2D eigenvalue weighted by atomic mass is 10.2. The van der Waals surface area contributed by atoms with Crippen LogP contribution in [0.1, 0.15) is 19.3 Å². The molecule has 0 aliphatic carbocycles. The van der Waals surface area contributed by atoms with Gasteiger partial charge in [-0.1, -0.05) is 22.4 Å². The molecule has 0 spiro atoms. The summed E-state index contributed by atoms with van der Waals surface area (Å²) >= 11 is 3.38. The summed E-state index contributed by atoms with van der Waals surface area (Å²) in [5.74, 6) is -0.312. The fraction of sp³-hybridized carbons (Fsp3) is 0.455. The van der Waals surface area contributed by atoms with Crippen LogP contribution in [0.4, 0.5) is 0 Å². The van der Waals surface area contributed by atoms with Gasteiger partial charge >= 0.3 is 5.76 Å². The number of nitrogens with zero attached hydrogens (tertiary/aromatic N) is 2. The van der Waals surface area contributed by atoms with Gasteiger partial charge in [-0.15, -0.1) is 0 Å². The highest BCUT2D eigenvalue weighted by molar-refractivity contribution is 9.09.